The Bertz CT molecular complexity index is 1690. The zero-order chi connectivity index (χ0) is 67.2. The number of aliphatic hydroxyl groups excluding tert-OH is 5. The summed E-state index contributed by atoms with van der Waals surface area (Å²) in [6, 6.07) is -0.825. The van der Waals surface area contributed by atoms with Crippen LogP contribution >= 0.6 is 0 Å². The summed E-state index contributed by atoms with van der Waals surface area (Å²) in [4.78, 5) is 25.1. The topological polar surface area (TPSA) is 175 Å². The molecule has 0 aliphatic carbocycles. The van der Waals surface area contributed by atoms with E-state index in [4.69, 9.17) is 14.2 Å². The average molecular weight is 1310 g/mol. The number of carbonyl (C=O) groups is 2. The number of hydrogen-bond acceptors (Lipinski definition) is 10. The van der Waals surface area contributed by atoms with Crippen LogP contribution in [0.2, 0.25) is 0 Å². The van der Waals surface area contributed by atoms with Crippen molar-refractivity contribution in [2.75, 3.05) is 19.8 Å². The molecule has 0 bridgehead atoms. The summed E-state index contributed by atoms with van der Waals surface area (Å²) >= 11 is 0. The van der Waals surface area contributed by atoms with E-state index in [9.17, 15) is 35.1 Å². The number of esters is 1. The standard InChI is InChI=1S/C82H153NO10/c1-3-5-7-9-11-13-15-16-17-44-47-50-54-58-62-66-70-78(87)91-71-67-63-59-55-51-48-45-42-40-38-36-34-32-30-28-26-24-22-20-18-19-21-23-25-27-29-31-33-35-37-39-41-43-46-49-53-57-61-65-69-77(86)83-74(73-92-82-81(90)80(89)79(88)76(72-84)93-82)75(85)68-64-60-56-52-14-12-10-8-6-4-2/h14,18-19,22,24,52,64,68,74-76,79-82,84-85,88-90H,3-13,15-17,20-21,23,25-51,53-63,65-67,69-73H2,1-2H3,(H,83,86)/b19-18-,24-22-,52-14+,68-64+. The van der Waals surface area contributed by atoms with Gasteiger partial charge in [-0.3, -0.25) is 9.59 Å². The van der Waals surface area contributed by atoms with Crippen molar-refractivity contribution in [3.8, 4) is 0 Å². The lowest BCUT2D eigenvalue weighted by molar-refractivity contribution is -0.302. The largest absolute Gasteiger partial charge is 0.466 e. The number of rotatable bonds is 72. The van der Waals surface area contributed by atoms with Gasteiger partial charge in [-0.15, -0.1) is 0 Å². The maximum Gasteiger partial charge on any atom is 0.305 e. The molecule has 93 heavy (non-hydrogen) atoms. The Labute approximate surface area is 574 Å². The zero-order valence-electron chi connectivity index (χ0n) is 61.0. The summed E-state index contributed by atoms with van der Waals surface area (Å²) in [5, 5.41) is 54.4. The van der Waals surface area contributed by atoms with Crippen molar-refractivity contribution in [2.45, 2.75) is 442 Å². The van der Waals surface area contributed by atoms with E-state index in [1.807, 2.05) is 6.08 Å². The molecule has 11 heteroatoms. The highest BCUT2D eigenvalue weighted by molar-refractivity contribution is 5.76. The normalized spacial score (nSPS) is 17.7. The molecular formula is C82H153NO10. The van der Waals surface area contributed by atoms with Gasteiger partial charge in [-0.2, -0.15) is 0 Å². The molecule has 0 aromatic rings. The first-order valence-corrected chi connectivity index (χ1v) is 40.4. The van der Waals surface area contributed by atoms with Gasteiger partial charge in [-0.25, -0.2) is 0 Å². The molecule has 1 aliphatic rings. The number of nitrogens with one attached hydrogen (secondary N) is 1. The number of amides is 1. The summed E-state index contributed by atoms with van der Waals surface area (Å²) < 4.78 is 16.7. The molecule has 0 aromatic carbocycles. The van der Waals surface area contributed by atoms with Crippen LogP contribution in [-0.2, 0) is 23.8 Å². The van der Waals surface area contributed by atoms with Crippen molar-refractivity contribution in [2.24, 2.45) is 0 Å². The van der Waals surface area contributed by atoms with E-state index in [0.717, 1.165) is 57.8 Å². The van der Waals surface area contributed by atoms with Gasteiger partial charge in [0.1, 0.15) is 24.4 Å². The van der Waals surface area contributed by atoms with Gasteiger partial charge >= 0.3 is 5.97 Å². The molecule has 1 heterocycles. The molecule has 7 unspecified atom stereocenters. The third-order valence-electron chi connectivity index (χ3n) is 19.2. The zero-order valence-corrected chi connectivity index (χ0v) is 61.0. The molecular weight excluding hydrogens is 1160 g/mol. The van der Waals surface area contributed by atoms with Crippen LogP contribution in [0.25, 0.3) is 0 Å². The third-order valence-corrected chi connectivity index (χ3v) is 19.2. The number of allylic oxidation sites excluding steroid dienone is 7. The summed E-state index contributed by atoms with van der Waals surface area (Å²) in [5.74, 6) is -0.171. The van der Waals surface area contributed by atoms with Crippen molar-refractivity contribution in [1.82, 2.24) is 5.32 Å². The van der Waals surface area contributed by atoms with Gasteiger partial charge in [-0.05, 0) is 77.0 Å². The lowest BCUT2D eigenvalue weighted by Gasteiger charge is -2.40. The Hall–Kier alpha value is -2.38. The minimum Gasteiger partial charge on any atom is -0.466 e. The van der Waals surface area contributed by atoms with Crippen LogP contribution in [0.1, 0.15) is 399 Å². The van der Waals surface area contributed by atoms with Crippen LogP contribution in [-0.4, -0.2) is 100 Å². The van der Waals surface area contributed by atoms with E-state index in [1.54, 1.807) is 6.08 Å². The van der Waals surface area contributed by atoms with E-state index in [0.29, 0.717) is 19.4 Å². The SMILES string of the molecule is CCCCCC/C=C/CC/C=C/C(O)C(COC1OC(CO)C(O)C(O)C1O)NC(=O)CCCCCCCCCCCCCCCCCCC/C=C\C/C=C\CCCCCCCCCCCCCCCCCOC(=O)CCCCCCCCCCCCCCCCCC. The van der Waals surface area contributed by atoms with Crippen LogP contribution in [0.15, 0.2) is 48.6 Å². The van der Waals surface area contributed by atoms with Gasteiger partial charge < -0.3 is 45.1 Å². The molecule has 0 radical (unpaired) electrons. The highest BCUT2D eigenvalue weighted by Crippen LogP contribution is 2.24. The van der Waals surface area contributed by atoms with E-state index in [2.05, 4.69) is 55.6 Å². The molecule has 0 aromatic heterocycles. The van der Waals surface area contributed by atoms with E-state index in [1.165, 1.54) is 315 Å². The van der Waals surface area contributed by atoms with Crippen molar-refractivity contribution in [3.05, 3.63) is 48.6 Å². The van der Waals surface area contributed by atoms with Gasteiger partial charge in [0, 0.05) is 12.8 Å². The van der Waals surface area contributed by atoms with Crippen molar-refractivity contribution >= 4 is 11.9 Å². The average Bonchev–Trinajstić information content (AvgIpc) is 0.887. The predicted molar refractivity (Wildman–Crippen MR) is 394 cm³/mol. The number of carbonyl (C=O) groups excluding carboxylic acids is 2. The Balaban J connectivity index is 1.87. The fourth-order valence-electron chi connectivity index (χ4n) is 12.8. The van der Waals surface area contributed by atoms with Crippen LogP contribution in [0, 0.1) is 0 Å². The highest BCUT2D eigenvalue weighted by atomic mass is 16.7. The fourth-order valence-corrected chi connectivity index (χ4v) is 12.8. The highest BCUT2D eigenvalue weighted by Gasteiger charge is 2.44. The predicted octanol–water partition coefficient (Wildman–Crippen LogP) is 21.9. The number of unbranched alkanes of at least 4 members (excludes halogenated alkanes) is 52. The first-order chi connectivity index (χ1) is 45.7. The Morgan fingerprint density at radius 1 is 0.398 bits per heavy atom. The molecule has 1 fully saturated rings. The first kappa shape index (κ1) is 88.6. The Morgan fingerprint density at radius 3 is 1.14 bits per heavy atom. The van der Waals surface area contributed by atoms with Gasteiger partial charge in [-0.1, -0.05) is 358 Å². The van der Waals surface area contributed by atoms with Crippen LogP contribution in [0.5, 0.6) is 0 Å². The van der Waals surface area contributed by atoms with Crippen LogP contribution in [0.3, 0.4) is 0 Å². The van der Waals surface area contributed by atoms with Gasteiger partial charge in [0.2, 0.25) is 5.91 Å². The quantitative estimate of drug-likeness (QED) is 0.0195. The molecule has 1 saturated heterocycles. The van der Waals surface area contributed by atoms with Gasteiger partial charge in [0.05, 0.1) is 32.0 Å². The fraction of sp³-hybridized carbons (Fsp3) is 0.878. The number of aliphatic hydroxyl groups is 5. The van der Waals surface area contributed by atoms with Crippen LogP contribution < -0.4 is 5.32 Å². The molecule has 0 spiro atoms. The maximum atomic E-state index is 13.0. The van der Waals surface area contributed by atoms with Gasteiger partial charge in [0.25, 0.3) is 0 Å². The maximum absolute atomic E-state index is 13.0. The summed E-state index contributed by atoms with van der Waals surface area (Å²) in [6.07, 6.45) is 84.6. The van der Waals surface area contributed by atoms with E-state index >= 15 is 0 Å². The number of ether oxygens (including phenoxy) is 3. The molecule has 11 nitrogen and oxygen atoms in total. The molecule has 7 atom stereocenters. The second-order valence-corrected chi connectivity index (χ2v) is 28.1. The third kappa shape index (κ3) is 59.4. The minimum absolute atomic E-state index is 0.0184. The minimum atomic E-state index is -1.57. The molecule has 546 valence electrons. The second-order valence-electron chi connectivity index (χ2n) is 28.1. The number of hydrogen-bond donors (Lipinski definition) is 6. The second kappa shape index (κ2) is 70.9. The van der Waals surface area contributed by atoms with Gasteiger partial charge in [0.15, 0.2) is 6.29 Å². The molecule has 1 aliphatic heterocycles. The lowest BCUT2D eigenvalue weighted by Crippen LogP contribution is -2.60. The molecule has 6 N–H and O–H groups in total. The van der Waals surface area contributed by atoms with E-state index in [-0.39, 0.29) is 18.5 Å². The molecule has 1 amide bonds. The molecule has 1 rings (SSSR count). The summed E-state index contributed by atoms with van der Waals surface area (Å²) in [5.41, 5.74) is 0. The lowest BCUT2D eigenvalue weighted by atomic mass is 9.99. The van der Waals surface area contributed by atoms with E-state index < -0.39 is 49.5 Å². The summed E-state index contributed by atoms with van der Waals surface area (Å²) in [7, 11) is 0. The van der Waals surface area contributed by atoms with Crippen molar-refractivity contribution in [1.29, 1.82) is 0 Å². The summed E-state index contributed by atoms with van der Waals surface area (Å²) in [6.45, 7) is 4.34. The Morgan fingerprint density at radius 2 is 0.731 bits per heavy atom. The van der Waals surface area contributed by atoms with Crippen molar-refractivity contribution in [3.63, 3.8) is 0 Å². The monoisotopic (exact) mass is 1310 g/mol. The van der Waals surface area contributed by atoms with Crippen LogP contribution in [0.4, 0.5) is 0 Å². The molecule has 0 saturated carbocycles. The van der Waals surface area contributed by atoms with Crippen molar-refractivity contribution < 1.29 is 49.3 Å². The Kier molecular flexibility index (Phi) is 67.6. The smallest absolute Gasteiger partial charge is 0.305 e. The first-order valence-electron chi connectivity index (χ1n) is 40.4.